The zero-order chi connectivity index (χ0) is 33.4. The van der Waals surface area contributed by atoms with Gasteiger partial charge in [-0.2, -0.15) is 12.1 Å². The Labute approximate surface area is 292 Å². The second-order valence-corrected chi connectivity index (χ2v) is 31.9. The van der Waals surface area contributed by atoms with Crippen LogP contribution in [0.3, 0.4) is 0 Å². The molecule has 0 unspecified atom stereocenters. The molecule has 0 atom stereocenters. The molecular weight excluding hydrogens is 695 g/mol. The molecule has 0 bridgehead atoms. The van der Waals surface area contributed by atoms with Crippen molar-refractivity contribution in [2.45, 2.75) is 81.1 Å². The topological polar surface area (TPSA) is 0 Å². The normalized spacial score (nSPS) is 10.7. The van der Waals surface area contributed by atoms with E-state index in [2.05, 4.69) is 152 Å². The Morgan fingerprint density at radius 1 is 0.543 bits per heavy atom. The first kappa shape index (κ1) is 36.6. The van der Waals surface area contributed by atoms with Gasteiger partial charge in [0.05, 0.1) is 0 Å². The first-order valence-corrected chi connectivity index (χ1v) is 28.0. The van der Waals surface area contributed by atoms with E-state index in [4.69, 9.17) is 17.0 Å². The van der Waals surface area contributed by atoms with E-state index in [9.17, 15) is 0 Å². The van der Waals surface area contributed by atoms with Crippen LogP contribution in [0.1, 0.15) is 71.2 Å². The third-order valence-electron chi connectivity index (χ3n) is 8.59. The zero-order valence-corrected chi connectivity index (χ0v) is 33.8. The van der Waals surface area contributed by atoms with Gasteiger partial charge in [-0.15, -0.1) is 68.1 Å². The molecule has 0 amide bonds. The molecule has 46 heavy (non-hydrogen) atoms. The van der Waals surface area contributed by atoms with Gasteiger partial charge in [0.2, 0.25) is 0 Å². The van der Waals surface area contributed by atoms with Gasteiger partial charge in [0.15, 0.2) is 0 Å². The van der Waals surface area contributed by atoms with Gasteiger partial charge in [0, 0.05) is 0 Å². The summed E-state index contributed by atoms with van der Waals surface area (Å²) in [6, 6.07) is 35.6. The first-order valence-electron chi connectivity index (χ1n) is 16.5. The van der Waals surface area contributed by atoms with Crippen LogP contribution in [0.5, 0.6) is 0 Å². The van der Waals surface area contributed by atoms with Crippen LogP contribution in [0, 0.1) is 41.5 Å². The zero-order valence-electron chi connectivity index (χ0n) is 28.8. The summed E-state index contributed by atoms with van der Waals surface area (Å²) in [5, 5.41) is 8.48. The fourth-order valence-electron chi connectivity index (χ4n) is 6.10. The Hall–Kier alpha value is -2.22. The van der Waals surface area contributed by atoms with Crippen molar-refractivity contribution in [3.05, 3.63) is 142 Å². The molecule has 0 aliphatic rings. The van der Waals surface area contributed by atoms with E-state index in [1.807, 2.05) is 0 Å². The Morgan fingerprint density at radius 3 is 1.24 bits per heavy atom. The first-order chi connectivity index (χ1) is 22.0. The van der Waals surface area contributed by atoms with E-state index in [1.165, 1.54) is 102 Å². The van der Waals surface area contributed by atoms with Crippen molar-refractivity contribution < 1.29 is 18.0 Å². The monoisotopic (exact) mass is 740 g/mol. The molecule has 0 aliphatic carbocycles. The fraction of sp³-hybridized carbons (Fsp3) is 0.286. The fourth-order valence-corrected chi connectivity index (χ4v) is 21.3. The average Bonchev–Trinajstić information content (AvgIpc) is 3.62. The number of aryl methyl sites for hydroxylation is 8. The quantitative estimate of drug-likeness (QED) is 0.118. The van der Waals surface area contributed by atoms with E-state index < -0.39 is 23.4 Å². The summed E-state index contributed by atoms with van der Waals surface area (Å²) < 4.78 is 0. The third-order valence-corrected chi connectivity index (χ3v) is 24.5. The van der Waals surface area contributed by atoms with Gasteiger partial charge in [0.25, 0.3) is 0 Å². The molecule has 0 heterocycles. The molecule has 0 saturated carbocycles. The van der Waals surface area contributed by atoms with Gasteiger partial charge >= 0.3 is 124 Å². The van der Waals surface area contributed by atoms with Crippen molar-refractivity contribution >= 4 is 54.4 Å². The maximum absolute atomic E-state index is 6.40. The summed E-state index contributed by atoms with van der Waals surface area (Å²) >= 11 is -2.30. The molecular formula is C42H48Cl2SiZr-2. The van der Waals surface area contributed by atoms with Gasteiger partial charge in [-0.3, -0.25) is 0 Å². The Balaban J connectivity index is 0.000000158. The number of benzene rings is 4. The molecule has 6 rings (SSSR count). The Bertz CT molecular complexity index is 1780. The molecule has 0 nitrogen and oxygen atoms in total. The summed E-state index contributed by atoms with van der Waals surface area (Å²) in [5.74, 6) is 0. The number of fused-ring (bicyclic) bond motifs is 2. The number of hydrogen-bond donors (Lipinski definition) is 0. The molecule has 0 radical (unpaired) electrons. The molecule has 0 fully saturated rings. The molecule has 0 saturated heterocycles. The van der Waals surface area contributed by atoms with Crippen molar-refractivity contribution in [3.8, 4) is 0 Å². The van der Waals surface area contributed by atoms with Crippen molar-refractivity contribution in [1.29, 1.82) is 0 Å². The minimum absolute atomic E-state index is 0.922. The third kappa shape index (κ3) is 9.44. The predicted molar refractivity (Wildman–Crippen MR) is 205 cm³/mol. The van der Waals surface area contributed by atoms with Gasteiger partial charge in [-0.1, -0.05) is 77.6 Å². The molecule has 6 aromatic rings. The molecule has 6 aromatic carbocycles. The SMILES string of the molecule is CCCc1ccc(C)c2[cH-]c(C)cc12.CCCc1ccc(C)c2[cH-]c(C)cc12.Cc1ccc([Si](c2ccc(C)cc2)=[Zr]([Cl])[Cl])cc1. The molecule has 0 N–H and O–H groups in total. The van der Waals surface area contributed by atoms with E-state index in [0.29, 0.717) is 0 Å². The van der Waals surface area contributed by atoms with Crippen LogP contribution in [0.15, 0.2) is 97.1 Å². The summed E-state index contributed by atoms with van der Waals surface area (Å²) in [6.07, 6.45) is 4.84. The number of rotatable bonds is 6. The Kier molecular flexibility index (Phi) is 13.7. The maximum atomic E-state index is 6.40. The summed E-state index contributed by atoms with van der Waals surface area (Å²) in [4.78, 5) is 0. The van der Waals surface area contributed by atoms with Gasteiger partial charge in [-0.25, -0.2) is 0 Å². The van der Waals surface area contributed by atoms with Crippen molar-refractivity contribution in [2.24, 2.45) is 0 Å². The number of hydrogen-bond acceptors (Lipinski definition) is 0. The average molecular weight is 743 g/mol. The van der Waals surface area contributed by atoms with Crippen LogP contribution in [-0.4, -0.2) is 5.43 Å². The van der Waals surface area contributed by atoms with Crippen LogP contribution in [0.2, 0.25) is 0 Å². The van der Waals surface area contributed by atoms with Crippen LogP contribution in [0.25, 0.3) is 21.5 Å². The van der Waals surface area contributed by atoms with Gasteiger partial charge < -0.3 is 0 Å². The summed E-state index contributed by atoms with van der Waals surface area (Å²) in [5.41, 5.74) is 10.2. The van der Waals surface area contributed by atoms with Crippen molar-refractivity contribution in [2.75, 3.05) is 0 Å². The van der Waals surface area contributed by atoms with E-state index in [-0.39, 0.29) is 0 Å². The minimum atomic E-state index is -2.30. The molecule has 0 aliphatic heterocycles. The summed E-state index contributed by atoms with van der Waals surface area (Å²) in [7, 11) is 12.8. The summed E-state index contributed by atoms with van der Waals surface area (Å²) in [6.45, 7) is 17.4. The number of halogens is 2. The standard InChI is InChI=1S/C14H14Si.2C14H17.2ClH.Zr/c1-11-3-7-13(8-4-11)15-14-9-5-12(2)6-10-14;2*1-4-5-12-7-6-11(3)13-8-10(2)9-14(12)13;;;/h3-10H,1-2H3;2*6-9H,4-5H2,1-3H3;2*1H;/q;2*-1;;;+2/p-2. The van der Waals surface area contributed by atoms with E-state index in [1.54, 1.807) is 0 Å². The second kappa shape index (κ2) is 17.3. The molecule has 0 spiro atoms. The van der Waals surface area contributed by atoms with Crippen LogP contribution < -0.4 is 10.4 Å². The van der Waals surface area contributed by atoms with Crippen LogP contribution in [-0.2, 0) is 30.8 Å². The van der Waals surface area contributed by atoms with Gasteiger partial charge in [0.1, 0.15) is 0 Å². The van der Waals surface area contributed by atoms with Crippen molar-refractivity contribution in [3.63, 3.8) is 0 Å². The Morgan fingerprint density at radius 2 is 0.913 bits per heavy atom. The molecule has 0 aromatic heterocycles. The predicted octanol–water partition coefficient (Wildman–Crippen LogP) is 11.6. The van der Waals surface area contributed by atoms with Crippen molar-refractivity contribution in [1.82, 2.24) is 0 Å². The molecule has 4 heteroatoms. The van der Waals surface area contributed by atoms with E-state index >= 15 is 0 Å². The van der Waals surface area contributed by atoms with Crippen LogP contribution in [0.4, 0.5) is 0 Å². The van der Waals surface area contributed by atoms with Crippen LogP contribution >= 0.6 is 17.0 Å². The van der Waals surface area contributed by atoms with E-state index in [0.717, 1.165) is 0 Å². The van der Waals surface area contributed by atoms with Gasteiger partial charge in [-0.05, 0) is 12.8 Å². The second-order valence-electron chi connectivity index (χ2n) is 12.7. The molecule has 240 valence electrons.